The van der Waals surface area contributed by atoms with Crippen molar-refractivity contribution in [3.8, 4) is 11.9 Å². The van der Waals surface area contributed by atoms with E-state index in [1.807, 2.05) is 39.8 Å². The first kappa shape index (κ1) is 46.6. The van der Waals surface area contributed by atoms with Crippen LogP contribution in [-0.2, 0) is 4.79 Å². The number of piperidine rings is 2. The lowest BCUT2D eigenvalue weighted by Gasteiger charge is -2.32. The smallest absolute Gasteiger partial charge is 0.291 e. The number of rotatable bonds is 11. The van der Waals surface area contributed by atoms with Crippen LogP contribution in [0, 0.1) is 23.5 Å². The maximum absolute atomic E-state index is 14.7. The summed E-state index contributed by atoms with van der Waals surface area (Å²) in [5, 5.41) is 31.6. The largest absolute Gasteiger partial charge is 0.387 e. The molecule has 2 aromatic carbocycles. The average Bonchev–Trinajstić information content (AvgIpc) is 4.16. The van der Waals surface area contributed by atoms with Crippen LogP contribution in [0.25, 0.3) is 33.7 Å². The molecule has 0 saturated carbocycles. The van der Waals surface area contributed by atoms with Crippen molar-refractivity contribution >= 4 is 40.1 Å². The van der Waals surface area contributed by atoms with E-state index in [2.05, 4.69) is 45.6 Å². The molecule has 0 unspecified atom stereocenters. The SMILES string of the molecule is CC(C)c1nn(-c2noc(C3CCN(C[C@H]4CCN(C(=O)CO)C4)CC3)n2)c2c(F)cccc12.CC(C)c1nn(-c2noc(C3CCN(C[C@H]4CCNC4)CC3)n2)c2c(F)cccc12.Cl. The van der Waals surface area contributed by atoms with E-state index in [1.165, 1.54) is 34.5 Å². The molecule has 2 N–H and O–H groups in total. The number of carbonyl (C=O) groups excluding carboxylic acids is 1. The highest BCUT2D eigenvalue weighted by atomic mass is 35.5. The number of halogens is 3. The number of amides is 1. The highest BCUT2D eigenvalue weighted by Gasteiger charge is 2.32. The summed E-state index contributed by atoms with van der Waals surface area (Å²) >= 11 is 0. The standard InChI is InChI=1S/C24H31FN6O3.C22H29FN6O.ClH/c1-15(2)21-18-4-3-5-19(25)22(18)31(27-21)24-26-23(34-28-24)17-7-9-29(10-8-17)12-16-6-11-30(13-16)20(33)14-32;1-14(2)19-17-4-3-5-18(23)20(17)29(26-19)22-25-21(30-27-22)16-7-10-28(11-8-16)13-15-6-9-24-12-15;/h3-5,15-17,32H,6-14H2,1-2H3;3-5,14-16,24H,6-13H2,1-2H3;1H/t16-;15-;/m10./s1. The molecule has 4 aliphatic heterocycles. The van der Waals surface area contributed by atoms with E-state index >= 15 is 0 Å². The third-order valence-electron chi connectivity index (χ3n) is 13.5. The first-order valence-electron chi connectivity index (χ1n) is 23.1. The van der Waals surface area contributed by atoms with Gasteiger partial charge in [-0.3, -0.25) is 4.79 Å². The Balaban J connectivity index is 0.000000176. The number of aliphatic hydroxyl groups is 1. The van der Waals surface area contributed by atoms with E-state index in [0.29, 0.717) is 34.7 Å². The van der Waals surface area contributed by atoms with Gasteiger partial charge in [0.05, 0.1) is 11.4 Å². The molecular formula is C46H61ClF2N12O4. The quantitative estimate of drug-likeness (QED) is 0.143. The van der Waals surface area contributed by atoms with Crippen LogP contribution < -0.4 is 5.32 Å². The Morgan fingerprint density at radius 2 is 1.22 bits per heavy atom. The lowest BCUT2D eigenvalue weighted by atomic mass is 9.95. The molecule has 0 radical (unpaired) electrons. The van der Waals surface area contributed by atoms with E-state index in [-0.39, 0.29) is 59.6 Å². The summed E-state index contributed by atoms with van der Waals surface area (Å²) in [7, 11) is 0. The number of benzene rings is 2. The van der Waals surface area contributed by atoms with E-state index in [9.17, 15) is 13.6 Å². The molecule has 8 heterocycles. The van der Waals surface area contributed by atoms with E-state index in [0.717, 1.165) is 119 Å². The minimum atomic E-state index is -0.413. The number of aromatic nitrogens is 8. The van der Waals surface area contributed by atoms with Gasteiger partial charge in [0.2, 0.25) is 17.7 Å². The Hall–Kier alpha value is -4.88. The maximum Gasteiger partial charge on any atom is 0.291 e. The molecule has 16 nitrogen and oxygen atoms in total. The normalized spacial score (nSPS) is 20.4. The van der Waals surface area contributed by atoms with E-state index in [1.54, 1.807) is 17.0 Å². The van der Waals surface area contributed by atoms with Gasteiger partial charge in [0.15, 0.2) is 0 Å². The molecule has 4 fully saturated rings. The molecule has 2 atom stereocenters. The van der Waals surface area contributed by atoms with Crippen molar-refractivity contribution in [2.45, 2.75) is 89.9 Å². The number of nitrogens with one attached hydrogen (secondary N) is 1. The summed E-state index contributed by atoms with van der Waals surface area (Å²) in [6.45, 7) is 17.5. The second kappa shape index (κ2) is 20.3. The zero-order valence-corrected chi connectivity index (χ0v) is 38.5. The van der Waals surface area contributed by atoms with Gasteiger partial charge in [0.1, 0.15) is 29.3 Å². The van der Waals surface area contributed by atoms with Gasteiger partial charge in [-0.15, -0.1) is 12.4 Å². The van der Waals surface area contributed by atoms with Crippen molar-refractivity contribution in [2.24, 2.45) is 11.8 Å². The second-order valence-electron chi connectivity index (χ2n) is 18.7. The number of fused-ring (bicyclic) bond motifs is 2. The molecular weight excluding hydrogens is 858 g/mol. The highest BCUT2D eigenvalue weighted by molar-refractivity contribution is 5.86. The molecule has 0 aliphatic carbocycles. The van der Waals surface area contributed by atoms with Gasteiger partial charge in [-0.1, -0.05) is 52.0 Å². The number of hydrogen-bond donors (Lipinski definition) is 2. The fourth-order valence-electron chi connectivity index (χ4n) is 10.0. The summed E-state index contributed by atoms with van der Waals surface area (Å²) in [6.07, 6.45) is 6.07. The van der Waals surface area contributed by atoms with Gasteiger partial charge in [-0.05, 0) is 124 Å². The van der Waals surface area contributed by atoms with Crippen LogP contribution in [0.1, 0.15) is 113 Å². The number of para-hydroxylation sites is 2. The first-order chi connectivity index (χ1) is 31.0. The van der Waals surface area contributed by atoms with Gasteiger partial charge in [0.25, 0.3) is 11.9 Å². The summed E-state index contributed by atoms with van der Waals surface area (Å²) in [5.74, 6) is 2.84. The zero-order chi connectivity index (χ0) is 44.5. The lowest BCUT2D eigenvalue weighted by molar-refractivity contribution is -0.133. The average molecular weight is 920 g/mol. The Morgan fingerprint density at radius 1 is 0.723 bits per heavy atom. The second-order valence-corrected chi connectivity index (χ2v) is 18.7. The van der Waals surface area contributed by atoms with Gasteiger partial charge >= 0.3 is 0 Å². The summed E-state index contributed by atoms with van der Waals surface area (Å²) in [6, 6.07) is 10.0. The minimum absolute atomic E-state index is 0. The summed E-state index contributed by atoms with van der Waals surface area (Å²) < 4.78 is 43.5. The monoisotopic (exact) mass is 918 g/mol. The van der Waals surface area contributed by atoms with E-state index < -0.39 is 6.61 Å². The van der Waals surface area contributed by atoms with Crippen LogP contribution in [0.2, 0.25) is 0 Å². The Morgan fingerprint density at radius 3 is 1.66 bits per heavy atom. The topological polar surface area (TPSA) is 173 Å². The van der Waals surface area contributed by atoms with Crippen LogP contribution >= 0.6 is 12.4 Å². The van der Waals surface area contributed by atoms with Crippen LogP contribution in [0.3, 0.4) is 0 Å². The van der Waals surface area contributed by atoms with Crippen molar-refractivity contribution in [1.82, 2.24) is 59.9 Å². The Kier molecular flexibility index (Phi) is 14.6. The van der Waals surface area contributed by atoms with Crippen LogP contribution in [0.4, 0.5) is 8.78 Å². The number of carbonyl (C=O) groups is 1. The van der Waals surface area contributed by atoms with Gasteiger partial charge < -0.3 is 34.2 Å². The van der Waals surface area contributed by atoms with Crippen molar-refractivity contribution in [3.63, 3.8) is 0 Å². The van der Waals surface area contributed by atoms with E-state index in [4.69, 9.17) is 14.2 Å². The molecule has 10 rings (SSSR count). The number of aliphatic hydroxyl groups excluding tert-OH is 1. The molecule has 0 bridgehead atoms. The Bertz CT molecular complexity index is 2530. The third-order valence-corrected chi connectivity index (χ3v) is 13.5. The predicted octanol–water partition coefficient (Wildman–Crippen LogP) is 6.57. The van der Waals surface area contributed by atoms with Crippen molar-refractivity contribution in [2.75, 3.05) is 72.1 Å². The number of nitrogens with zero attached hydrogens (tertiary/aromatic N) is 11. The molecule has 350 valence electrons. The molecule has 4 saturated heterocycles. The summed E-state index contributed by atoms with van der Waals surface area (Å²) in [4.78, 5) is 27.7. The molecule has 19 heteroatoms. The maximum atomic E-state index is 14.7. The lowest BCUT2D eigenvalue weighted by Crippen LogP contribution is -2.38. The molecule has 6 aromatic rings. The van der Waals surface area contributed by atoms with Crippen molar-refractivity contribution in [3.05, 3.63) is 71.2 Å². The van der Waals surface area contributed by atoms with Crippen LogP contribution in [0.15, 0.2) is 45.4 Å². The van der Waals surface area contributed by atoms with Crippen molar-refractivity contribution in [1.29, 1.82) is 0 Å². The minimum Gasteiger partial charge on any atom is -0.387 e. The van der Waals surface area contributed by atoms with Gasteiger partial charge in [-0.25, -0.2) is 8.78 Å². The fourth-order valence-corrected chi connectivity index (χ4v) is 10.0. The zero-order valence-electron chi connectivity index (χ0n) is 37.7. The fraction of sp³-hybridized carbons (Fsp3) is 0.587. The van der Waals surface area contributed by atoms with Crippen molar-refractivity contribution < 1.29 is 27.7 Å². The van der Waals surface area contributed by atoms with Crippen LogP contribution in [0.5, 0.6) is 0 Å². The molecule has 1 amide bonds. The summed E-state index contributed by atoms with van der Waals surface area (Å²) in [5.41, 5.74) is 2.43. The molecule has 65 heavy (non-hydrogen) atoms. The highest BCUT2D eigenvalue weighted by Crippen LogP contribution is 2.33. The van der Waals surface area contributed by atoms with Gasteiger partial charge in [0, 0.05) is 48.8 Å². The molecule has 4 aromatic heterocycles. The predicted molar refractivity (Wildman–Crippen MR) is 243 cm³/mol. The molecule has 4 aliphatic rings. The molecule has 0 spiro atoms. The Labute approximate surface area is 383 Å². The first-order valence-corrected chi connectivity index (χ1v) is 23.1. The number of hydrogen-bond acceptors (Lipinski definition) is 13. The van der Waals surface area contributed by atoms with Gasteiger partial charge in [-0.2, -0.15) is 29.5 Å². The van der Waals surface area contributed by atoms with Crippen LogP contribution in [-0.4, -0.2) is 138 Å². The third kappa shape index (κ3) is 9.97. The number of likely N-dealkylation sites (tertiary alicyclic amines) is 3.